The highest BCUT2D eigenvalue weighted by atomic mass is 15.1. The van der Waals surface area contributed by atoms with Gasteiger partial charge in [0, 0.05) is 25.6 Å². The van der Waals surface area contributed by atoms with E-state index in [4.69, 9.17) is 5.73 Å². The summed E-state index contributed by atoms with van der Waals surface area (Å²) < 4.78 is 0. The molecule has 2 heteroatoms. The molecule has 100 valence electrons. The number of benzene rings is 2. The van der Waals surface area contributed by atoms with Gasteiger partial charge in [-0.25, -0.2) is 0 Å². The van der Waals surface area contributed by atoms with Crippen molar-refractivity contribution < 1.29 is 0 Å². The van der Waals surface area contributed by atoms with Gasteiger partial charge in [0.1, 0.15) is 0 Å². The van der Waals surface area contributed by atoms with Gasteiger partial charge in [0.15, 0.2) is 0 Å². The second-order valence-electron chi connectivity index (χ2n) is 4.92. The largest absolute Gasteiger partial charge is 0.329 e. The van der Waals surface area contributed by atoms with Crippen molar-refractivity contribution in [2.45, 2.75) is 5.92 Å². The zero-order valence-corrected chi connectivity index (χ0v) is 11.5. The number of rotatable bonds is 6. The molecule has 0 bridgehead atoms. The highest BCUT2D eigenvalue weighted by molar-refractivity contribution is 5.32. The van der Waals surface area contributed by atoms with Gasteiger partial charge < -0.3 is 10.6 Å². The van der Waals surface area contributed by atoms with Gasteiger partial charge in [-0.2, -0.15) is 0 Å². The van der Waals surface area contributed by atoms with E-state index >= 15 is 0 Å². The monoisotopic (exact) mass is 254 g/mol. The zero-order chi connectivity index (χ0) is 13.5. The number of hydrogen-bond acceptors (Lipinski definition) is 2. The molecule has 0 amide bonds. The van der Waals surface area contributed by atoms with Crippen LogP contribution in [0.3, 0.4) is 0 Å². The van der Waals surface area contributed by atoms with Crippen molar-refractivity contribution in [1.82, 2.24) is 4.90 Å². The molecule has 2 N–H and O–H groups in total. The molecule has 0 aromatic heterocycles. The van der Waals surface area contributed by atoms with Crippen LogP contribution in [-0.4, -0.2) is 31.6 Å². The Balaban J connectivity index is 2.24. The van der Waals surface area contributed by atoms with Crippen molar-refractivity contribution in [2.75, 3.05) is 26.7 Å². The van der Waals surface area contributed by atoms with Gasteiger partial charge in [-0.1, -0.05) is 60.7 Å². The van der Waals surface area contributed by atoms with Crippen LogP contribution < -0.4 is 5.73 Å². The lowest BCUT2D eigenvalue weighted by atomic mass is 9.91. The fourth-order valence-corrected chi connectivity index (χ4v) is 2.40. The van der Waals surface area contributed by atoms with Crippen molar-refractivity contribution in [3.63, 3.8) is 0 Å². The molecule has 0 aliphatic heterocycles. The van der Waals surface area contributed by atoms with E-state index in [1.54, 1.807) is 0 Å². The molecule has 2 nitrogen and oxygen atoms in total. The fraction of sp³-hybridized carbons (Fsp3) is 0.294. The second kappa shape index (κ2) is 7.07. The molecule has 0 unspecified atom stereocenters. The van der Waals surface area contributed by atoms with Crippen LogP contribution >= 0.6 is 0 Å². The van der Waals surface area contributed by atoms with E-state index in [0.29, 0.717) is 12.5 Å². The Hall–Kier alpha value is -1.64. The van der Waals surface area contributed by atoms with Crippen LogP contribution in [0.1, 0.15) is 17.0 Å². The van der Waals surface area contributed by atoms with E-state index < -0.39 is 0 Å². The number of likely N-dealkylation sites (N-methyl/N-ethyl adjacent to an activating group) is 1. The third-order valence-corrected chi connectivity index (χ3v) is 3.41. The summed E-state index contributed by atoms with van der Waals surface area (Å²) in [4.78, 5) is 2.30. The smallest absolute Gasteiger partial charge is 0.0217 e. The third-order valence-electron chi connectivity index (χ3n) is 3.41. The molecule has 2 aromatic rings. The van der Waals surface area contributed by atoms with Crippen LogP contribution in [0, 0.1) is 0 Å². The van der Waals surface area contributed by atoms with E-state index in [2.05, 4.69) is 72.6 Å². The summed E-state index contributed by atoms with van der Waals surface area (Å²) >= 11 is 0. The Kier molecular flexibility index (Phi) is 5.13. The van der Waals surface area contributed by atoms with Crippen LogP contribution in [-0.2, 0) is 0 Å². The molecule has 0 fully saturated rings. The average Bonchev–Trinajstić information content (AvgIpc) is 2.47. The molecule has 0 saturated heterocycles. The zero-order valence-electron chi connectivity index (χ0n) is 11.5. The molecule has 0 atom stereocenters. The number of nitrogens with two attached hydrogens (primary N) is 1. The summed E-state index contributed by atoms with van der Waals surface area (Å²) in [5.41, 5.74) is 8.36. The first-order valence-corrected chi connectivity index (χ1v) is 6.79. The van der Waals surface area contributed by atoms with Gasteiger partial charge in [0.25, 0.3) is 0 Å². The maximum absolute atomic E-state index is 5.64. The summed E-state index contributed by atoms with van der Waals surface area (Å²) in [5.74, 6) is 0.402. The van der Waals surface area contributed by atoms with E-state index in [1.807, 2.05) is 0 Å². The van der Waals surface area contributed by atoms with Crippen LogP contribution in [0.4, 0.5) is 0 Å². The first-order chi connectivity index (χ1) is 9.31. The Labute approximate surface area is 115 Å². The summed E-state index contributed by atoms with van der Waals surface area (Å²) in [6.07, 6.45) is 0. The van der Waals surface area contributed by atoms with Gasteiger partial charge in [-0.15, -0.1) is 0 Å². The lowest BCUT2D eigenvalue weighted by molar-refractivity contribution is 0.332. The molecule has 19 heavy (non-hydrogen) atoms. The minimum absolute atomic E-state index is 0.402. The predicted octanol–water partition coefficient (Wildman–Crippen LogP) is 2.71. The van der Waals surface area contributed by atoms with Gasteiger partial charge in [0.2, 0.25) is 0 Å². The maximum Gasteiger partial charge on any atom is 0.0217 e. The van der Waals surface area contributed by atoms with Crippen LogP contribution in [0.5, 0.6) is 0 Å². The van der Waals surface area contributed by atoms with Crippen molar-refractivity contribution in [1.29, 1.82) is 0 Å². The van der Waals surface area contributed by atoms with Crippen LogP contribution in [0.15, 0.2) is 60.7 Å². The third kappa shape index (κ3) is 3.91. The minimum Gasteiger partial charge on any atom is -0.329 e. The van der Waals surface area contributed by atoms with Gasteiger partial charge in [-0.3, -0.25) is 0 Å². The SMILES string of the molecule is CN(CCN)CC(c1ccccc1)c1ccccc1. The van der Waals surface area contributed by atoms with Gasteiger partial charge in [-0.05, 0) is 18.2 Å². The van der Waals surface area contributed by atoms with Crippen molar-refractivity contribution in [3.05, 3.63) is 71.8 Å². The predicted molar refractivity (Wildman–Crippen MR) is 81.3 cm³/mol. The van der Waals surface area contributed by atoms with Crippen LogP contribution in [0.25, 0.3) is 0 Å². The number of hydrogen-bond donors (Lipinski definition) is 1. The molecule has 2 aromatic carbocycles. The highest BCUT2D eigenvalue weighted by Gasteiger charge is 2.15. The molecule has 0 aliphatic carbocycles. The van der Waals surface area contributed by atoms with Crippen LogP contribution in [0.2, 0.25) is 0 Å². The van der Waals surface area contributed by atoms with Crippen molar-refractivity contribution in [3.8, 4) is 0 Å². The quantitative estimate of drug-likeness (QED) is 0.859. The molecule has 0 radical (unpaired) electrons. The molecule has 0 spiro atoms. The van der Waals surface area contributed by atoms with E-state index in [9.17, 15) is 0 Å². The maximum atomic E-state index is 5.64. The average molecular weight is 254 g/mol. The van der Waals surface area contributed by atoms with Gasteiger partial charge in [0.05, 0.1) is 0 Å². The summed E-state index contributed by atoms with van der Waals surface area (Å²) in [6, 6.07) is 21.4. The summed E-state index contributed by atoms with van der Waals surface area (Å²) in [5, 5.41) is 0. The first kappa shape index (κ1) is 13.8. The molecular weight excluding hydrogens is 232 g/mol. The Morgan fingerprint density at radius 3 is 1.79 bits per heavy atom. The summed E-state index contributed by atoms with van der Waals surface area (Å²) in [7, 11) is 2.13. The molecule has 0 heterocycles. The lowest BCUT2D eigenvalue weighted by Crippen LogP contribution is -2.30. The van der Waals surface area contributed by atoms with Crippen molar-refractivity contribution in [2.24, 2.45) is 5.73 Å². The molecular formula is C17H22N2. The highest BCUT2D eigenvalue weighted by Crippen LogP contribution is 2.25. The molecule has 0 saturated carbocycles. The van der Waals surface area contributed by atoms with Crippen molar-refractivity contribution >= 4 is 0 Å². The minimum atomic E-state index is 0.402. The number of nitrogens with zero attached hydrogens (tertiary/aromatic N) is 1. The topological polar surface area (TPSA) is 29.3 Å². The Morgan fingerprint density at radius 2 is 1.37 bits per heavy atom. The standard InChI is InChI=1S/C17H22N2/c1-19(13-12-18)14-17(15-8-4-2-5-9-15)16-10-6-3-7-11-16/h2-11,17H,12-14,18H2,1H3. The normalized spacial score (nSPS) is 11.2. The second-order valence-corrected chi connectivity index (χ2v) is 4.92. The first-order valence-electron chi connectivity index (χ1n) is 6.79. The van der Waals surface area contributed by atoms with E-state index in [1.165, 1.54) is 11.1 Å². The Morgan fingerprint density at radius 1 is 0.895 bits per heavy atom. The van der Waals surface area contributed by atoms with E-state index in [-0.39, 0.29) is 0 Å². The molecule has 0 aliphatic rings. The fourth-order valence-electron chi connectivity index (χ4n) is 2.40. The van der Waals surface area contributed by atoms with E-state index in [0.717, 1.165) is 13.1 Å². The van der Waals surface area contributed by atoms with Gasteiger partial charge >= 0.3 is 0 Å². The lowest BCUT2D eigenvalue weighted by Gasteiger charge is -2.24. The Bertz CT molecular complexity index is 428. The molecule has 2 rings (SSSR count). The summed E-state index contributed by atoms with van der Waals surface area (Å²) in [6.45, 7) is 2.62.